The Morgan fingerprint density at radius 1 is 1.12 bits per heavy atom. The number of methoxy groups -OCH3 is 1. The van der Waals surface area contributed by atoms with Crippen LogP contribution in [-0.2, 0) is 17.6 Å². The van der Waals surface area contributed by atoms with Gasteiger partial charge >= 0.3 is 0 Å². The molecule has 0 spiro atoms. The Morgan fingerprint density at radius 3 is 2.76 bits per heavy atom. The molecule has 25 heavy (non-hydrogen) atoms. The minimum absolute atomic E-state index is 0.00251. The van der Waals surface area contributed by atoms with E-state index in [1.54, 1.807) is 7.11 Å². The molecule has 0 fully saturated rings. The summed E-state index contributed by atoms with van der Waals surface area (Å²) < 4.78 is 10.6. The van der Waals surface area contributed by atoms with Gasteiger partial charge in [0.05, 0.1) is 19.2 Å². The Morgan fingerprint density at radius 2 is 1.96 bits per heavy atom. The molecule has 0 unspecified atom stereocenters. The zero-order valence-corrected chi connectivity index (χ0v) is 14.1. The van der Waals surface area contributed by atoms with Crippen LogP contribution in [0.1, 0.15) is 11.3 Å². The molecule has 5 nitrogen and oxygen atoms in total. The van der Waals surface area contributed by atoms with Crippen molar-refractivity contribution in [2.75, 3.05) is 13.7 Å². The number of amides is 1. The Bertz CT molecular complexity index is 828. The van der Waals surface area contributed by atoms with Crippen LogP contribution in [-0.4, -0.2) is 24.7 Å². The number of carbonyl (C=O) groups is 1. The van der Waals surface area contributed by atoms with Crippen LogP contribution in [0.15, 0.2) is 65.2 Å². The fraction of sp³-hybridized carbons (Fsp3) is 0.200. The average molecular weight is 336 g/mol. The minimum atomic E-state index is 0.00251. The van der Waals surface area contributed by atoms with Gasteiger partial charge in [-0.2, -0.15) is 0 Å². The van der Waals surface area contributed by atoms with E-state index in [0.29, 0.717) is 25.1 Å². The first-order valence-electron chi connectivity index (χ1n) is 8.15. The monoisotopic (exact) mass is 336 g/mol. The maximum absolute atomic E-state index is 11.9. The summed E-state index contributed by atoms with van der Waals surface area (Å²) in [6.45, 7) is 0.524. The summed E-state index contributed by atoms with van der Waals surface area (Å²) >= 11 is 0. The lowest BCUT2D eigenvalue weighted by Gasteiger charge is -2.03. The van der Waals surface area contributed by atoms with Crippen LogP contribution in [0.25, 0.3) is 11.3 Å². The third kappa shape index (κ3) is 4.70. The van der Waals surface area contributed by atoms with Crippen molar-refractivity contribution in [2.45, 2.75) is 12.8 Å². The van der Waals surface area contributed by atoms with Crippen molar-refractivity contribution in [3.05, 3.63) is 71.9 Å². The second kappa shape index (κ2) is 8.15. The molecule has 3 aromatic rings. The van der Waals surface area contributed by atoms with Gasteiger partial charge in [-0.1, -0.05) is 47.6 Å². The number of hydrogen-bond acceptors (Lipinski definition) is 4. The summed E-state index contributed by atoms with van der Waals surface area (Å²) in [5.74, 6) is 1.45. The summed E-state index contributed by atoms with van der Waals surface area (Å²) in [5, 5.41) is 6.97. The third-order valence-corrected chi connectivity index (χ3v) is 3.82. The molecule has 0 aliphatic carbocycles. The lowest BCUT2D eigenvalue weighted by atomic mass is 10.1. The number of benzene rings is 2. The summed E-state index contributed by atoms with van der Waals surface area (Å²) in [5.41, 5.74) is 2.71. The molecule has 0 atom stereocenters. The van der Waals surface area contributed by atoms with Gasteiger partial charge in [0, 0.05) is 24.6 Å². The molecule has 3 rings (SSSR count). The van der Waals surface area contributed by atoms with Crippen LogP contribution in [0, 0.1) is 0 Å². The topological polar surface area (TPSA) is 64.4 Å². The van der Waals surface area contributed by atoms with Crippen LogP contribution in [0.4, 0.5) is 0 Å². The zero-order valence-electron chi connectivity index (χ0n) is 14.1. The predicted molar refractivity (Wildman–Crippen MR) is 95.4 cm³/mol. The fourth-order valence-electron chi connectivity index (χ4n) is 2.52. The molecular formula is C20H20N2O3. The second-order valence-electron chi connectivity index (χ2n) is 5.68. The normalized spacial score (nSPS) is 10.4. The van der Waals surface area contributed by atoms with Gasteiger partial charge in [-0.3, -0.25) is 4.79 Å². The molecule has 0 aliphatic heterocycles. The van der Waals surface area contributed by atoms with E-state index in [1.807, 2.05) is 60.7 Å². The van der Waals surface area contributed by atoms with Crippen LogP contribution in [0.5, 0.6) is 5.75 Å². The van der Waals surface area contributed by atoms with E-state index in [2.05, 4.69) is 10.5 Å². The highest BCUT2D eigenvalue weighted by atomic mass is 16.5. The third-order valence-electron chi connectivity index (χ3n) is 3.82. The van der Waals surface area contributed by atoms with Crippen molar-refractivity contribution >= 4 is 5.91 Å². The molecule has 0 radical (unpaired) electrons. The van der Waals surface area contributed by atoms with Crippen molar-refractivity contribution in [2.24, 2.45) is 0 Å². The van der Waals surface area contributed by atoms with Crippen LogP contribution in [0.2, 0.25) is 0 Å². The van der Waals surface area contributed by atoms with E-state index in [1.165, 1.54) is 0 Å². The van der Waals surface area contributed by atoms with Crippen molar-refractivity contribution < 1.29 is 14.1 Å². The highest BCUT2D eigenvalue weighted by molar-refractivity contribution is 5.78. The number of aromatic nitrogens is 1. The van der Waals surface area contributed by atoms with Gasteiger partial charge < -0.3 is 14.6 Å². The molecule has 1 aromatic heterocycles. The lowest BCUT2D eigenvalue weighted by molar-refractivity contribution is -0.120. The van der Waals surface area contributed by atoms with Gasteiger partial charge in [0.2, 0.25) is 5.91 Å². The second-order valence-corrected chi connectivity index (χ2v) is 5.68. The number of nitrogens with zero attached hydrogens (tertiary/aromatic N) is 1. The molecule has 1 amide bonds. The molecule has 128 valence electrons. The number of hydrogen-bond donors (Lipinski definition) is 1. The molecule has 1 heterocycles. The zero-order chi connectivity index (χ0) is 17.5. The molecule has 0 saturated carbocycles. The van der Waals surface area contributed by atoms with Crippen molar-refractivity contribution in [3.8, 4) is 17.1 Å². The van der Waals surface area contributed by atoms with Gasteiger partial charge in [-0.15, -0.1) is 0 Å². The summed E-state index contributed by atoms with van der Waals surface area (Å²) in [7, 11) is 1.63. The quantitative estimate of drug-likeness (QED) is 0.719. The van der Waals surface area contributed by atoms with E-state index < -0.39 is 0 Å². The van der Waals surface area contributed by atoms with Crippen LogP contribution < -0.4 is 10.1 Å². The summed E-state index contributed by atoms with van der Waals surface area (Å²) in [6.07, 6.45) is 1.00. The minimum Gasteiger partial charge on any atom is -0.497 e. The molecule has 2 aromatic carbocycles. The standard InChI is InChI=1S/C20H20N2O3/c1-24-18-9-5-8-16(13-18)19-14-17(22-25-19)10-11-21-20(23)12-15-6-3-2-4-7-15/h2-9,13-14H,10-12H2,1H3,(H,21,23). The number of carbonyl (C=O) groups excluding carboxylic acids is 1. The van der Waals surface area contributed by atoms with E-state index in [9.17, 15) is 4.79 Å². The number of nitrogens with one attached hydrogen (secondary N) is 1. The largest absolute Gasteiger partial charge is 0.497 e. The molecule has 0 bridgehead atoms. The van der Waals surface area contributed by atoms with Gasteiger partial charge in [-0.05, 0) is 17.7 Å². The van der Waals surface area contributed by atoms with E-state index in [4.69, 9.17) is 9.26 Å². The Kier molecular flexibility index (Phi) is 5.46. The van der Waals surface area contributed by atoms with Gasteiger partial charge in [-0.25, -0.2) is 0 Å². The van der Waals surface area contributed by atoms with Gasteiger partial charge in [0.25, 0.3) is 0 Å². The Balaban J connectivity index is 1.51. The number of ether oxygens (including phenoxy) is 1. The Labute approximate surface area is 146 Å². The fourth-order valence-corrected chi connectivity index (χ4v) is 2.52. The van der Waals surface area contributed by atoms with Crippen LogP contribution in [0.3, 0.4) is 0 Å². The van der Waals surface area contributed by atoms with E-state index >= 15 is 0 Å². The summed E-state index contributed by atoms with van der Waals surface area (Å²) in [6, 6.07) is 19.2. The van der Waals surface area contributed by atoms with E-state index in [0.717, 1.165) is 22.6 Å². The van der Waals surface area contributed by atoms with E-state index in [-0.39, 0.29) is 5.91 Å². The van der Waals surface area contributed by atoms with Crippen molar-refractivity contribution in [3.63, 3.8) is 0 Å². The highest BCUT2D eigenvalue weighted by Crippen LogP contribution is 2.24. The Hall–Kier alpha value is -3.08. The summed E-state index contributed by atoms with van der Waals surface area (Å²) in [4.78, 5) is 11.9. The highest BCUT2D eigenvalue weighted by Gasteiger charge is 2.08. The molecule has 1 N–H and O–H groups in total. The smallest absolute Gasteiger partial charge is 0.224 e. The number of rotatable bonds is 7. The van der Waals surface area contributed by atoms with Crippen molar-refractivity contribution in [1.29, 1.82) is 0 Å². The first-order chi connectivity index (χ1) is 12.2. The van der Waals surface area contributed by atoms with Gasteiger partial charge in [0.1, 0.15) is 5.75 Å². The average Bonchev–Trinajstić information content (AvgIpc) is 3.11. The molecule has 0 saturated heterocycles. The lowest BCUT2D eigenvalue weighted by Crippen LogP contribution is -2.27. The van der Waals surface area contributed by atoms with Crippen molar-refractivity contribution in [1.82, 2.24) is 10.5 Å². The van der Waals surface area contributed by atoms with Gasteiger partial charge in [0.15, 0.2) is 5.76 Å². The maximum Gasteiger partial charge on any atom is 0.224 e. The SMILES string of the molecule is COc1cccc(-c2cc(CCNC(=O)Cc3ccccc3)no2)c1. The first-order valence-corrected chi connectivity index (χ1v) is 8.15. The first kappa shape index (κ1) is 16.8. The molecule has 0 aliphatic rings. The molecule has 5 heteroatoms. The molecular weight excluding hydrogens is 316 g/mol. The maximum atomic E-state index is 11.9. The van der Waals surface area contributed by atoms with Crippen LogP contribution >= 0.6 is 0 Å². The predicted octanol–water partition coefficient (Wildman–Crippen LogP) is 3.25.